The first kappa shape index (κ1) is 25.8. The zero-order valence-corrected chi connectivity index (χ0v) is 22.0. The highest BCUT2D eigenvalue weighted by molar-refractivity contribution is 6.05. The minimum absolute atomic E-state index is 0.273. The van der Waals surface area contributed by atoms with Gasteiger partial charge in [0.05, 0.1) is 18.4 Å². The maximum absolute atomic E-state index is 13.2. The predicted molar refractivity (Wildman–Crippen MR) is 149 cm³/mol. The molecule has 10 heteroatoms. The van der Waals surface area contributed by atoms with Crippen molar-refractivity contribution in [1.82, 2.24) is 19.8 Å². The number of nitrogens with two attached hydrogens (primary N) is 1. The van der Waals surface area contributed by atoms with Gasteiger partial charge in [0.1, 0.15) is 17.4 Å². The molecule has 0 saturated carbocycles. The molecule has 1 aliphatic heterocycles. The second-order valence-electron chi connectivity index (χ2n) is 9.67. The number of rotatable bonds is 6. The molecule has 10 nitrogen and oxygen atoms in total. The summed E-state index contributed by atoms with van der Waals surface area (Å²) >= 11 is 0. The number of hydrogen-bond donors (Lipinski definition) is 3. The van der Waals surface area contributed by atoms with Crippen molar-refractivity contribution in [3.63, 3.8) is 0 Å². The van der Waals surface area contributed by atoms with Crippen molar-refractivity contribution in [2.24, 2.45) is 5.73 Å². The van der Waals surface area contributed by atoms with Gasteiger partial charge in [-0.3, -0.25) is 9.59 Å². The van der Waals surface area contributed by atoms with Gasteiger partial charge in [-0.2, -0.15) is 0 Å². The molecule has 39 heavy (non-hydrogen) atoms. The highest BCUT2D eigenvalue weighted by Crippen LogP contribution is 2.36. The minimum atomic E-state index is -0.658. The van der Waals surface area contributed by atoms with E-state index in [4.69, 9.17) is 10.5 Å². The number of para-hydroxylation sites is 1. The largest absolute Gasteiger partial charge is 0.496 e. The maximum Gasteiger partial charge on any atom is 0.322 e. The number of primary amides is 1. The highest BCUT2D eigenvalue weighted by Gasteiger charge is 2.33. The van der Waals surface area contributed by atoms with Crippen molar-refractivity contribution >= 4 is 34.6 Å². The number of carbonyl (C=O) groups excluding carboxylic acids is 3. The Labute approximate surface area is 225 Å². The number of anilines is 1. The van der Waals surface area contributed by atoms with Crippen LogP contribution in [0, 0.1) is 0 Å². The monoisotopic (exact) mass is 526 g/mol. The fourth-order valence-corrected chi connectivity index (χ4v) is 4.99. The Morgan fingerprint density at radius 1 is 1.10 bits per heavy atom. The first-order valence-corrected chi connectivity index (χ1v) is 12.6. The Balaban J connectivity index is 1.53. The van der Waals surface area contributed by atoms with E-state index in [0.717, 1.165) is 39.0 Å². The molecule has 1 saturated heterocycles. The van der Waals surface area contributed by atoms with E-state index >= 15 is 0 Å². The molecule has 0 aliphatic carbocycles. The number of aromatic amines is 1. The van der Waals surface area contributed by atoms with Gasteiger partial charge >= 0.3 is 6.03 Å². The lowest BCUT2D eigenvalue weighted by molar-refractivity contribution is -0.121. The number of ether oxygens (including phenoxy) is 1. The van der Waals surface area contributed by atoms with Crippen LogP contribution in [-0.4, -0.2) is 71.4 Å². The Kier molecular flexibility index (Phi) is 6.93. The van der Waals surface area contributed by atoms with Gasteiger partial charge in [0.2, 0.25) is 5.91 Å². The van der Waals surface area contributed by atoms with Crippen molar-refractivity contribution in [3.05, 3.63) is 66.5 Å². The number of amides is 4. The third-order valence-corrected chi connectivity index (χ3v) is 7.00. The van der Waals surface area contributed by atoms with Crippen LogP contribution in [0.3, 0.4) is 0 Å². The van der Waals surface area contributed by atoms with E-state index in [1.807, 2.05) is 42.6 Å². The van der Waals surface area contributed by atoms with Crippen molar-refractivity contribution in [3.8, 4) is 28.0 Å². The van der Waals surface area contributed by atoms with Crippen molar-refractivity contribution < 1.29 is 19.1 Å². The van der Waals surface area contributed by atoms with E-state index in [0.29, 0.717) is 30.6 Å². The average Bonchev–Trinajstić information content (AvgIpc) is 3.60. The van der Waals surface area contributed by atoms with E-state index in [9.17, 15) is 14.4 Å². The van der Waals surface area contributed by atoms with Gasteiger partial charge < -0.3 is 30.6 Å². The van der Waals surface area contributed by atoms with Gasteiger partial charge in [0, 0.05) is 55.1 Å². The number of nitrogens with one attached hydrogen (secondary N) is 2. The number of hydrogen-bond acceptors (Lipinski definition) is 5. The van der Waals surface area contributed by atoms with Crippen molar-refractivity contribution in [2.75, 3.05) is 33.1 Å². The number of methoxy groups -OCH3 is 1. The second kappa shape index (κ2) is 10.5. The summed E-state index contributed by atoms with van der Waals surface area (Å²) in [6.07, 6.45) is 4.85. The molecule has 0 spiro atoms. The van der Waals surface area contributed by atoms with Gasteiger partial charge in [0.15, 0.2) is 0 Å². The highest BCUT2D eigenvalue weighted by atomic mass is 16.5. The molecular formula is C29H30N6O4. The number of urea groups is 1. The first-order valence-electron chi connectivity index (χ1n) is 12.6. The van der Waals surface area contributed by atoms with E-state index in [1.165, 1.54) is 9.80 Å². The molecule has 4 aromatic rings. The standard InChI is InChI=1S/C29H30N6O4/c1-34(2)28(37)21-13-17(10-11-23(21)33-29(38)35-12-6-8-24(35)26(30)36)18-14-20-22(16-32-27(20)31-15-18)19-7-4-5-9-25(19)39-3/h4-5,7,9-11,13-16,24H,6,8,12H2,1-3H3,(H2,30,36)(H,31,32)(H,33,38)/t24-/m0/s1. The SMILES string of the molecule is COc1ccccc1-c1c[nH]c2ncc(-c3ccc(NC(=O)N4CCC[C@H]4C(N)=O)c(C(=O)N(C)C)c3)cc12. The fraction of sp³-hybridized carbons (Fsp3) is 0.241. The molecule has 0 unspecified atom stereocenters. The van der Waals surface area contributed by atoms with E-state index in [2.05, 4.69) is 15.3 Å². The maximum atomic E-state index is 13.2. The Morgan fingerprint density at radius 3 is 2.64 bits per heavy atom. The molecule has 5 rings (SSSR count). The number of pyridine rings is 1. The van der Waals surface area contributed by atoms with Crippen LogP contribution in [0.4, 0.5) is 10.5 Å². The van der Waals surface area contributed by atoms with E-state index in [-0.39, 0.29) is 5.91 Å². The molecule has 4 N–H and O–H groups in total. The predicted octanol–water partition coefficient (Wildman–Crippen LogP) is 4.09. The summed E-state index contributed by atoms with van der Waals surface area (Å²) in [5, 5.41) is 3.72. The summed E-state index contributed by atoms with van der Waals surface area (Å²) in [5.41, 5.74) is 10.3. The Morgan fingerprint density at radius 2 is 1.90 bits per heavy atom. The topological polar surface area (TPSA) is 134 Å². The average molecular weight is 527 g/mol. The third kappa shape index (κ3) is 4.88. The fourth-order valence-electron chi connectivity index (χ4n) is 4.99. The molecule has 0 bridgehead atoms. The van der Waals surface area contributed by atoms with Crippen LogP contribution >= 0.6 is 0 Å². The molecule has 1 fully saturated rings. The number of nitrogens with zero attached hydrogens (tertiary/aromatic N) is 3. The number of fused-ring (bicyclic) bond motifs is 1. The Hall–Kier alpha value is -4.86. The van der Waals surface area contributed by atoms with Crippen molar-refractivity contribution in [2.45, 2.75) is 18.9 Å². The minimum Gasteiger partial charge on any atom is -0.496 e. The molecule has 4 amide bonds. The zero-order chi connectivity index (χ0) is 27.7. The summed E-state index contributed by atoms with van der Waals surface area (Å²) in [7, 11) is 4.94. The summed E-state index contributed by atoms with van der Waals surface area (Å²) in [6.45, 7) is 0.422. The van der Waals surface area contributed by atoms with Gasteiger partial charge in [0.25, 0.3) is 5.91 Å². The molecule has 1 atom stereocenters. The quantitative estimate of drug-likeness (QED) is 0.348. The normalized spacial score (nSPS) is 14.8. The summed E-state index contributed by atoms with van der Waals surface area (Å²) in [6, 6.07) is 13.9. The molecular weight excluding hydrogens is 496 g/mol. The van der Waals surface area contributed by atoms with E-state index < -0.39 is 18.0 Å². The van der Waals surface area contributed by atoms with Crippen LogP contribution < -0.4 is 15.8 Å². The summed E-state index contributed by atoms with van der Waals surface area (Å²) in [5.74, 6) is -0.0625. The number of aromatic nitrogens is 2. The van der Waals surface area contributed by atoms with Crippen LogP contribution in [-0.2, 0) is 4.79 Å². The van der Waals surface area contributed by atoms with Crippen LogP contribution in [0.2, 0.25) is 0 Å². The van der Waals surface area contributed by atoms with Crippen LogP contribution in [0.5, 0.6) is 5.75 Å². The van der Waals surface area contributed by atoms with Crippen molar-refractivity contribution in [1.29, 1.82) is 0 Å². The van der Waals surface area contributed by atoms with Crippen LogP contribution in [0.15, 0.2) is 60.9 Å². The first-order chi connectivity index (χ1) is 18.8. The number of H-pyrrole nitrogens is 1. The number of benzene rings is 2. The van der Waals surface area contributed by atoms with Crippen LogP contribution in [0.25, 0.3) is 33.3 Å². The van der Waals surface area contributed by atoms with Gasteiger partial charge in [-0.25, -0.2) is 9.78 Å². The second-order valence-corrected chi connectivity index (χ2v) is 9.67. The zero-order valence-electron chi connectivity index (χ0n) is 22.0. The summed E-state index contributed by atoms with van der Waals surface area (Å²) < 4.78 is 5.56. The van der Waals surface area contributed by atoms with Gasteiger partial charge in [-0.05, 0) is 42.7 Å². The Bertz CT molecular complexity index is 1580. The molecule has 200 valence electrons. The van der Waals surface area contributed by atoms with Gasteiger partial charge in [-0.1, -0.05) is 24.3 Å². The molecule has 2 aromatic carbocycles. The summed E-state index contributed by atoms with van der Waals surface area (Å²) in [4.78, 5) is 48.7. The van der Waals surface area contributed by atoms with E-state index in [1.54, 1.807) is 39.5 Å². The lowest BCUT2D eigenvalue weighted by Crippen LogP contribution is -2.45. The lowest BCUT2D eigenvalue weighted by atomic mass is 9.99. The lowest BCUT2D eigenvalue weighted by Gasteiger charge is -2.24. The number of carbonyl (C=O) groups is 3. The third-order valence-electron chi connectivity index (χ3n) is 7.00. The van der Waals surface area contributed by atoms with Crippen LogP contribution in [0.1, 0.15) is 23.2 Å². The number of likely N-dealkylation sites (tertiary alicyclic amines) is 1. The smallest absolute Gasteiger partial charge is 0.322 e. The molecule has 1 aliphatic rings. The molecule has 3 heterocycles. The molecule has 0 radical (unpaired) electrons. The van der Waals surface area contributed by atoms with Gasteiger partial charge in [-0.15, -0.1) is 0 Å². The molecule has 2 aromatic heterocycles.